The molecule has 2 aliphatic rings. The number of benzene rings is 7. The third kappa shape index (κ3) is 4.59. The average molecular weight is 676 g/mol. The van der Waals surface area contributed by atoms with Crippen molar-refractivity contribution in [3.05, 3.63) is 234 Å². The minimum atomic E-state index is -0.547. The molecule has 0 saturated carbocycles. The van der Waals surface area contributed by atoms with Gasteiger partial charge in [-0.3, -0.25) is 0 Å². The van der Waals surface area contributed by atoms with Crippen LogP contribution in [0.25, 0.3) is 33.4 Å². The molecular weight excluding hydrogens is 639 g/mol. The maximum atomic E-state index is 3.55. The fourth-order valence-corrected chi connectivity index (χ4v) is 9.20. The maximum Gasteiger partial charge on any atom is 0.0793 e. The molecule has 0 amide bonds. The Morgan fingerprint density at radius 3 is 1.83 bits per heavy atom. The van der Waals surface area contributed by atoms with Crippen molar-refractivity contribution in [1.29, 1.82) is 0 Å². The Hall–Kier alpha value is -6.62. The third-order valence-electron chi connectivity index (χ3n) is 11.6. The highest BCUT2D eigenvalue weighted by atomic mass is 15.1. The first kappa shape index (κ1) is 31.1. The van der Waals surface area contributed by atoms with Gasteiger partial charge in [-0.25, -0.2) is 0 Å². The molecule has 8 aromatic carbocycles. The molecule has 10 rings (SSSR count). The lowest BCUT2D eigenvalue weighted by Crippen LogP contribution is -2.28. The molecule has 0 bridgehead atoms. The topological polar surface area (TPSA) is 3.24 Å². The van der Waals surface area contributed by atoms with Crippen molar-refractivity contribution in [3.8, 4) is 33.4 Å². The maximum absolute atomic E-state index is 3.55. The van der Waals surface area contributed by atoms with Crippen molar-refractivity contribution in [3.63, 3.8) is 0 Å². The van der Waals surface area contributed by atoms with Crippen molar-refractivity contribution in [2.45, 2.75) is 24.7 Å². The van der Waals surface area contributed by atoms with E-state index in [0.717, 1.165) is 22.6 Å². The smallest absolute Gasteiger partial charge is 0.0793 e. The first-order valence-corrected chi connectivity index (χ1v) is 18.4. The van der Waals surface area contributed by atoms with E-state index >= 15 is 0 Å². The highest BCUT2D eigenvalue weighted by molar-refractivity contribution is 5.97. The van der Waals surface area contributed by atoms with Gasteiger partial charge in [0, 0.05) is 27.9 Å². The molecular formula is C52H37N. The lowest BCUT2D eigenvalue weighted by molar-refractivity contribution is 0.660. The Balaban J connectivity index is 1.14. The van der Waals surface area contributed by atoms with Crippen LogP contribution in [0.2, 0.25) is 0 Å². The van der Waals surface area contributed by atoms with Gasteiger partial charge in [-0.15, -0.1) is 0 Å². The van der Waals surface area contributed by atoms with E-state index in [2.05, 4.69) is 213 Å². The molecule has 250 valence electrons. The van der Waals surface area contributed by atoms with E-state index in [0.29, 0.717) is 0 Å². The largest absolute Gasteiger partial charge is 0.310 e. The Bertz CT molecular complexity index is 2580. The van der Waals surface area contributed by atoms with Crippen LogP contribution in [0.15, 0.2) is 188 Å². The number of nitrogens with zero attached hydrogens (tertiary/aromatic N) is 1. The summed E-state index contributed by atoms with van der Waals surface area (Å²) in [5, 5.41) is 0. The van der Waals surface area contributed by atoms with Crippen molar-refractivity contribution < 1.29 is 0 Å². The molecule has 0 aliphatic heterocycles. The minimum Gasteiger partial charge on any atom is -0.310 e. The predicted molar refractivity (Wildman–Crippen MR) is 219 cm³/mol. The fraction of sp³-hybridized carbons (Fsp3) is 0.0769. The molecule has 0 radical (unpaired) electrons. The monoisotopic (exact) mass is 675 g/mol. The van der Waals surface area contributed by atoms with Crippen LogP contribution in [0.5, 0.6) is 0 Å². The number of para-hydroxylation sites is 1. The van der Waals surface area contributed by atoms with E-state index in [4.69, 9.17) is 0 Å². The summed E-state index contributed by atoms with van der Waals surface area (Å²) in [6.07, 6.45) is 0. The summed E-state index contributed by atoms with van der Waals surface area (Å²) in [6.45, 7) is 4.69. The number of hydrogen-bond acceptors (Lipinski definition) is 1. The molecule has 8 aromatic rings. The van der Waals surface area contributed by atoms with Gasteiger partial charge in [0.25, 0.3) is 0 Å². The van der Waals surface area contributed by atoms with Gasteiger partial charge in [0.15, 0.2) is 0 Å². The van der Waals surface area contributed by atoms with E-state index in [1.54, 1.807) is 0 Å². The summed E-state index contributed by atoms with van der Waals surface area (Å²) in [5.41, 5.74) is 18.0. The number of hydrogen-bond donors (Lipinski definition) is 0. The Labute approximate surface area is 312 Å². The summed E-state index contributed by atoms with van der Waals surface area (Å²) in [7, 11) is 0. The van der Waals surface area contributed by atoms with Gasteiger partial charge in [0.2, 0.25) is 0 Å². The summed E-state index contributed by atoms with van der Waals surface area (Å²) in [6, 6.07) is 75.4. The first-order chi connectivity index (χ1) is 26.1. The normalized spacial score (nSPS) is 14.0. The van der Waals surface area contributed by atoms with Crippen LogP contribution >= 0.6 is 0 Å². The number of anilines is 3. The third-order valence-corrected chi connectivity index (χ3v) is 11.6. The SMILES string of the molecule is CC1(C)c2ccccc2-c2ccc(-c3ccc(N(c4ccccc4)c4cccc5c4-c4ccccc4C5(c4c#cccc4)c4ccccc4)cc3)cc21. The van der Waals surface area contributed by atoms with Crippen molar-refractivity contribution >= 4 is 17.1 Å². The molecule has 0 spiro atoms. The molecule has 1 unspecified atom stereocenters. The molecule has 1 nitrogen and oxygen atoms in total. The Kier molecular flexibility index (Phi) is 7.04. The van der Waals surface area contributed by atoms with E-state index in [9.17, 15) is 0 Å². The van der Waals surface area contributed by atoms with Gasteiger partial charge in [0.1, 0.15) is 0 Å². The Morgan fingerprint density at radius 2 is 1.08 bits per heavy atom. The summed E-state index contributed by atoms with van der Waals surface area (Å²) < 4.78 is 0. The van der Waals surface area contributed by atoms with Crippen LogP contribution in [-0.4, -0.2) is 0 Å². The molecule has 53 heavy (non-hydrogen) atoms. The average Bonchev–Trinajstić information content (AvgIpc) is 3.66. The lowest BCUT2D eigenvalue weighted by atomic mass is 9.68. The molecule has 0 aromatic heterocycles. The van der Waals surface area contributed by atoms with E-state index in [1.165, 1.54) is 61.2 Å². The van der Waals surface area contributed by atoms with Crippen LogP contribution in [-0.2, 0) is 10.8 Å². The van der Waals surface area contributed by atoms with Crippen LogP contribution in [0.1, 0.15) is 47.2 Å². The van der Waals surface area contributed by atoms with Crippen LogP contribution in [0.3, 0.4) is 0 Å². The van der Waals surface area contributed by atoms with Crippen LogP contribution < -0.4 is 4.90 Å². The van der Waals surface area contributed by atoms with Gasteiger partial charge >= 0.3 is 0 Å². The molecule has 1 heteroatoms. The zero-order valence-corrected chi connectivity index (χ0v) is 29.8. The van der Waals surface area contributed by atoms with E-state index < -0.39 is 5.41 Å². The first-order valence-electron chi connectivity index (χ1n) is 18.4. The second-order valence-electron chi connectivity index (χ2n) is 14.7. The quantitative estimate of drug-likeness (QED) is 0.170. The lowest BCUT2D eigenvalue weighted by Gasteiger charge is -2.33. The Morgan fingerprint density at radius 1 is 0.453 bits per heavy atom. The number of rotatable bonds is 6. The van der Waals surface area contributed by atoms with Crippen molar-refractivity contribution in [1.82, 2.24) is 0 Å². The van der Waals surface area contributed by atoms with Crippen LogP contribution in [0, 0.1) is 12.1 Å². The number of fused-ring (bicyclic) bond motifs is 6. The van der Waals surface area contributed by atoms with E-state index in [1.807, 2.05) is 6.07 Å². The minimum absolute atomic E-state index is 0.0412. The van der Waals surface area contributed by atoms with Gasteiger partial charge in [-0.05, 0) is 104 Å². The highest BCUT2D eigenvalue weighted by Gasteiger charge is 2.47. The molecule has 2 aliphatic carbocycles. The molecule has 0 N–H and O–H groups in total. The summed E-state index contributed by atoms with van der Waals surface area (Å²) in [4.78, 5) is 2.42. The highest BCUT2D eigenvalue weighted by Crippen LogP contribution is 2.59. The molecule has 0 fully saturated rings. The van der Waals surface area contributed by atoms with Gasteiger partial charge < -0.3 is 4.90 Å². The van der Waals surface area contributed by atoms with Crippen LogP contribution in [0.4, 0.5) is 17.1 Å². The van der Waals surface area contributed by atoms with Gasteiger partial charge in [-0.2, -0.15) is 0 Å². The van der Waals surface area contributed by atoms with Gasteiger partial charge in [-0.1, -0.05) is 166 Å². The second-order valence-corrected chi connectivity index (χ2v) is 14.7. The zero-order chi connectivity index (χ0) is 35.6. The molecule has 0 heterocycles. The fourth-order valence-electron chi connectivity index (χ4n) is 9.20. The predicted octanol–water partition coefficient (Wildman–Crippen LogP) is 13.1. The standard InChI is InChI=1S/C52H37N/c1-51(2)45-25-14-12-23-42(45)43-34-31-37(35-48(43)51)36-29-32-41(33-30-36)53(40-21-10-5-11-22-40)49-28-16-27-47-50(49)44-24-13-15-26-46(44)52(47,38-17-6-3-7-18-38)39-19-8-4-9-20-39/h3-8,10-19,21-35H,1-2H3. The zero-order valence-electron chi connectivity index (χ0n) is 29.8. The molecule has 1 atom stereocenters. The van der Waals surface area contributed by atoms with Crippen molar-refractivity contribution in [2.75, 3.05) is 4.90 Å². The molecule has 0 saturated heterocycles. The summed E-state index contributed by atoms with van der Waals surface area (Å²) in [5.74, 6) is 0. The van der Waals surface area contributed by atoms with Gasteiger partial charge in [0.05, 0.1) is 11.1 Å². The summed E-state index contributed by atoms with van der Waals surface area (Å²) >= 11 is 0. The van der Waals surface area contributed by atoms with Crippen molar-refractivity contribution in [2.24, 2.45) is 0 Å². The second kappa shape index (κ2) is 12.0. The van der Waals surface area contributed by atoms with E-state index in [-0.39, 0.29) is 5.41 Å².